The summed E-state index contributed by atoms with van der Waals surface area (Å²) in [6, 6.07) is 23.8. The molecule has 4 rings (SSSR count). The number of rotatable bonds is 8. The lowest BCUT2D eigenvalue weighted by Crippen LogP contribution is -2.49. The van der Waals surface area contributed by atoms with E-state index in [1.807, 2.05) is 30.3 Å². The molecular weight excluding hydrogens is 464 g/mol. The van der Waals surface area contributed by atoms with Crippen LogP contribution in [0.4, 0.5) is 5.69 Å². The van der Waals surface area contributed by atoms with E-state index in [9.17, 15) is 14.4 Å². The van der Waals surface area contributed by atoms with E-state index in [2.05, 4.69) is 10.7 Å². The first kappa shape index (κ1) is 23.9. The minimum atomic E-state index is -0.989. The maximum atomic E-state index is 13.4. The molecule has 8 nitrogen and oxygen atoms in total. The molecule has 1 fully saturated rings. The van der Waals surface area contributed by atoms with Crippen molar-refractivity contribution < 1.29 is 19.1 Å². The third kappa shape index (κ3) is 5.64. The van der Waals surface area contributed by atoms with Gasteiger partial charge in [0, 0.05) is 11.3 Å². The summed E-state index contributed by atoms with van der Waals surface area (Å²) < 4.78 is 5.13. The number of hydrazine groups is 1. The number of carbonyl (C=O) groups excluding carboxylic acids is 3. The van der Waals surface area contributed by atoms with Crippen LogP contribution < -0.4 is 15.5 Å². The van der Waals surface area contributed by atoms with E-state index in [4.69, 9.17) is 17.0 Å². The Labute approximate surface area is 208 Å². The van der Waals surface area contributed by atoms with E-state index in [1.54, 1.807) is 61.7 Å². The van der Waals surface area contributed by atoms with Gasteiger partial charge in [0.25, 0.3) is 11.8 Å². The molecule has 3 aromatic carbocycles. The first-order valence-electron chi connectivity index (χ1n) is 10.9. The molecule has 0 radical (unpaired) electrons. The average molecular weight is 489 g/mol. The number of carbonyl (C=O) groups is 3. The second-order valence-corrected chi connectivity index (χ2v) is 8.23. The number of hydrogen-bond donors (Lipinski definition) is 2. The Morgan fingerprint density at radius 2 is 1.57 bits per heavy atom. The predicted molar refractivity (Wildman–Crippen MR) is 135 cm³/mol. The first-order chi connectivity index (χ1) is 17.0. The van der Waals surface area contributed by atoms with Crippen LogP contribution in [0.15, 0.2) is 84.9 Å². The largest absolute Gasteiger partial charge is 0.497 e. The molecule has 0 bridgehead atoms. The molecule has 3 aromatic rings. The highest BCUT2D eigenvalue weighted by Gasteiger charge is 2.44. The molecule has 1 aliphatic heterocycles. The van der Waals surface area contributed by atoms with Crippen LogP contribution in [-0.2, 0) is 16.1 Å². The summed E-state index contributed by atoms with van der Waals surface area (Å²) in [5, 5.41) is 4.22. The number of methoxy groups -OCH3 is 1. The number of amides is 3. The molecule has 0 saturated carbocycles. The highest BCUT2D eigenvalue weighted by Crippen LogP contribution is 2.23. The Morgan fingerprint density at radius 3 is 2.20 bits per heavy atom. The van der Waals surface area contributed by atoms with Crippen molar-refractivity contribution in [2.24, 2.45) is 0 Å². The van der Waals surface area contributed by atoms with Gasteiger partial charge in [0.05, 0.1) is 20.1 Å². The van der Waals surface area contributed by atoms with Crippen molar-refractivity contribution in [1.29, 1.82) is 0 Å². The standard InChI is InChI=1S/C26H24N4O4S/c1-34-21-14-12-20(13-15-21)27-23(31)16-22-25(33)29(17-18-8-4-2-5-9-18)26(35)30(22)28-24(32)19-10-6-3-7-11-19/h2-15,22H,16-17H2,1H3,(H,27,31)(H,28,32). The van der Waals surface area contributed by atoms with Crippen LogP contribution in [-0.4, -0.2) is 45.9 Å². The van der Waals surface area contributed by atoms with E-state index in [0.29, 0.717) is 17.0 Å². The number of hydrogen-bond acceptors (Lipinski definition) is 5. The van der Waals surface area contributed by atoms with Gasteiger partial charge < -0.3 is 10.1 Å². The van der Waals surface area contributed by atoms with Gasteiger partial charge in [-0.25, -0.2) is 5.01 Å². The highest BCUT2D eigenvalue weighted by atomic mass is 32.1. The lowest BCUT2D eigenvalue weighted by atomic mass is 10.1. The van der Waals surface area contributed by atoms with Crippen LogP contribution in [0.5, 0.6) is 5.75 Å². The topological polar surface area (TPSA) is 91.0 Å². The monoisotopic (exact) mass is 488 g/mol. The number of nitrogens with zero attached hydrogens (tertiary/aromatic N) is 2. The van der Waals surface area contributed by atoms with Crippen LogP contribution in [0.1, 0.15) is 22.3 Å². The highest BCUT2D eigenvalue weighted by molar-refractivity contribution is 7.80. The Balaban J connectivity index is 1.53. The maximum Gasteiger partial charge on any atom is 0.269 e. The minimum absolute atomic E-state index is 0.130. The second-order valence-electron chi connectivity index (χ2n) is 7.87. The summed E-state index contributed by atoms with van der Waals surface area (Å²) in [6.07, 6.45) is -0.203. The van der Waals surface area contributed by atoms with Crippen LogP contribution in [0, 0.1) is 0 Å². The zero-order valence-electron chi connectivity index (χ0n) is 19.0. The smallest absolute Gasteiger partial charge is 0.269 e. The predicted octanol–water partition coefficient (Wildman–Crippen LogP) is 3.37. The molecule has 0 aromatic heterocycles. The van der Waals surface area contributed by atoms with Crippen molar-refractivity contribution in [3.63, 3.8) is 0 Å². The van der Waals surface area contributed by atoms with Crippen LogP contribution >= 0.6 is 12.2 Å². The normalized spacial score (nSPS) is 15.2. The summed E-state index contributed by atoms with van der Waals surface area (Å²) in [7, 11) is 1.56. The molecule has 178 valence electrons. The van der Waals surface area contributed by atoms with E-state index >= 15 is 0 Å². The first-order valence-corrected chi connectivity index (χ1v) is 11.4. The molecule has 1 aliphatic rings. The van der Waals surface area contributed by atoms with Crippen molar-refractivity contribution in [1.82, 2.24) is 15.3 Å². The van der Waals surface area contributed by atoms with E-state index in [0.717, 1.165) is 5.56 Å². The van der Waals surface area contributed by atoms with Crippen molar-refractivity contribution in [3.05, 3.63) is 96.1 Å². The quantitative estimate of drug-likeness (QED) is 0.473. The molecule has 1 atom stereocenters. The Kier molecular flexibility index (Phi) is 7.37. The molecule has 2 N–H and O–H groups in total. The van der Waals surface area contributed by atoms with E-state index < -0.39 is 17.9 Å². The molecule has 9 heteroatoms. The summed E-state index contributed by atoms with van der Waals surface area (Å²) >= 11 is 5.56. The summed E-state index contributed by atoms with van der Waals surface area (Å²) in [6.45, 7) is 0.229. The van der Waals surface area contributed by atoms with Crippen LogP contribution in [0.3, 0.4) is 0 Å². The van der Waals surface area contributed by atoms with Gasteiger partial charge in [-0.15, -0.1) is 0 Å². The van der Waals surface area contributed by atoms with Gasteiger partial charge in [0.2, 0.25) is 5.91 Å². The van der Waals surface area contributed by atoms with E-state index in [-0.39, 0.29) is 24.0 Å². The van der Waals surface area contributed by atoms with E-state index in [1.165, 1.54) is 9.91 Å². The van der Waals surface area contributed by atoms with Gasteiger partial charge in [0.15, 0.2) is 5.11 Å². The fraction of sp³-hybridized carbons (Fsp3) is 0.154. The Hall–Kier alpha value is -4.24. The van der Waals surface area contributed by atoms with Crippen molar-refractivity contribution in [3.8, 4) is 5.75 Å². The minimum Gasteiger partial charge on any atom is -0.497 e. The molecule has 1 saturated heterocycles. The maximum absolute atomic E-state index is 13.4. The van der Waals surface area contributed by atoms with Crippen LogP contribution in [0.2, 0.25) is 0 Å². The lowest BCUT2D eigenvalue weighted by molar-refractivity contribution is -0.131. The molecule has 0 spiro atoms. The molecule has 1 unspecified atom stereocenters. The number of nitrogens with one attached hydrogen (secondary N) is 2. The van der Waals surface area contributed by atoms with Gasteiger partial charge in [-0.3, -0.25) is 24.7 Å². The zero-order chi connectivity index (χ0) is 24.8. The molecular formula is C26H24N4O4S. The second kappa shape index (κ2) is 10.8. The third-order valence-electron chi connectivity index (χ3n) is 5.49. The van der Waals surface area contributed by atoms with Gasteiger partial charge >= 0.3 is 0 Å². The summed E-state index contributed by atoms with van der Waals surface area (Å²) in [5.74, 6) is -0.525. The number of ether oxygens (including phenoxy) is 1. The van der Waals surface area contributed by atoms with Gasteiger partial charge in [0.1, 0.15) is 11.8 Å². The van der Waals surface area contributed by atoms with Gasteiger partial charge in [-0.05, 0) is 54.2 Å². The number of anilines is 1. The fourth-order valence-corrected chi connectivity index (χ4v) is 4.02. The summed E-state index contributed by atoms with van der Waals surface area (Å²) in [4.78, 5) is 40.5. The van der Waals surface area contributed by atoms with Crippen molar-refractivity contribution >= 4 is 40.7 Å². The molecule has 35 heavy (non-hydrogen) atoms. The zero-order valence-corrected chi connectivity index (χ0v) is 19.8. The average Bonchev–Trinajstić information content (AvgIpc) is 3.09. The van der Waals surface area contributed by atoms with Crippen LogP contribution in [0.25, 0.3) is 0 Å². The van der Waals surface area contributed by atoms with Crippen molar-refractivity contribution in [2.45, 2.75) is 19.0 Å². The third-order valence-corrected chi connectivity index (χ3v) is 5.91. The fourth-order valence-electron chi connectivity index (χ4n) is 3.69. The molecule has 3 amide bonds. The van der Waals surface area contributed by atoms with Gasteiger partial charge in [-0.2, -0.15) is 0 Å². The Morgan fingerprint density at radius 1 is 0.943 bits per heavy atom. The molecule has 1 heterocycles. The summed E-state index contributed by atoms with van der Waals surface area (Å²) in [5.41, 5.74) is 4.56. The van der Waals surface area contributed by atoms with Crippen molar-refractivity contribution in [2.75, 3.05) is 12.4 Å². The molecule has 0 aliphatic carbocycles. The number of benzene rings is 3. The Bertz CT molecular complexity index is 1220. The lowest BCUT2D eigenvalue weighted by Gasteiger charge is -2.24. The van der Waals surface area contributed by atoms with Gasteiger partial charge in [-0.1, -0.05) is 48.5 Å². The number of thiocarbonyl (C=S) groups is 1. The SMILES string of the molecule is COc1ccc(NC(=O)CC2C(=O)N(Cc3ccccc3)C(=S)N2NC(=O)c2ccccc2)cc1.